The highest BCUT2D eigenvalue weighted by molar-refractivity contribution is 9.10. The van der Waals surface area contributed by atoms with Crippen molar-refractivity contribution in [3.63, 3.8) is 0 Å². The molecule has 1 saturated heterocycles. The first-order valence-electron chi connectivity index (χ1n) is 6.77. The third kappa shape index (κ3) is 4.05. The van der Waals surface area contributed by atoms with Crippen LogP contribution in [0.5, 0.6) is 0 Å². The van der Waals surface area contributed by atoms with Crippen molar-refractivity contribution in [1.29, 1.82) is 0 Å². The number of hydrogen-bond donors (Lipinski definition) is 1. The van der Waals surface area contributed by atoms with Gasteiger partial charge in [-0.2, -0.15) is 0 Å². The number of aliphatic hydroxyl groups excluding tert-OH is 1. The molecule has 1 atom stereocenters. The van der Waals surface area contributed by atoms with Gasteiger partial charge in [0.1, 0.15) is 0 Å². The van der Waals surface area contributed by atoms with E-state index in [4.69, 9.17) is 0 Å². The molecule has 104 valence electrons. The lowest BCUT2D eigenvalue weighted by atomic mass is 10.0. The van der Waals surface area contributed by atoms with E-state index < -0.39 is 0 Å². The first kappa shape index (κ1) is 14.5. The van der Waals surface area contributed by atoms with Gasteiger partial charge >= 0.3 is 0 Å². The molecule has 1 aliphatic heterocycles. The van der Waals surface area contributed by atoms with Crippen molar-refractivity contribution < 1.29 is 9.90 Å². The lowest BCUT2D eigenvalue weighted by molar-refractivity contribution is -0.134. The van der Waals surface area contributed by atoms with Crippen LogP contribution >= 0.6 is 15.9 Å². The predicted molar refractivity (Wildman–Crippen MR) is 79.0 cm³/mol. The van der Waals surface area contributed by atoms with Crippen LogP contribution in [-0.4, -0.2) is 35.1 Å². The van der Waals surface area contributed by atoms with E-state index in [1.54, 1.807) is 4.90 Å². The number of nitrogens with zero attached hydrogens (tertiary/aromatic N) is 1. The molecule has 1 unspecified atom stereocenters. The minimum Gasteiger partial charge on any atom is -0.391 e. The largest absolute Gasteiger partial charge is 0.391 e. The van der Waals surface area contributed by atoms with Crippen LogP contribution in [0.1, 0.15) is 30.4 Å². The predicted octanol–water partition coefficient (Wildman–Crippen LogP) is 2.67. The van der Waals surface area contributed by atoms with Crippen molar-refractivity contribution in [3.8, 4) is 0 Å². The molecule has 0 radical (unpaired) electrons. The van der Waals surface area contributed by atoms with E-state index in [-0.39, 0.29) is 12.0 Å². The number of halogens is 1. The van der Waals surface area contributed by atoms with Crippen LogP contribution < -0.4 is 0 Å². The quantitative estimate of drug-likeness (QED) is 0.928. The lowest BCUT2D eigenvalue weighted by Crippen LogP contribution is -2.42. The number of carbonyl (C=O) groups is 1. The lowest BCUT2D eigenvalue weighted by Gasteiger charge is -2.30. The molecule has 1 aromatic carbocycles. The number of carbonyl (C=O) groups excluding carboxylic acids is 1. The fourth-order valence-electron chi connectivity index (χ4n) is 2.45. The fourth-order valence-corrected chi connectivity index (χ4v) is 2.70. The maximum atomic E-state index is 12.1. The van der Waals surface area contributed by atoms with Crippen LogP contribution in [0.25, 0.3) is 0 Å². The van der Waals surface area contributed by atoms with E-state index in [1.807, 2.05) is 6.07 Å². The summed E-state index contributed by atoms with van der Waals surface area (Å²) in [7, 11) is 0. The SMILES string of the molecule is Cc1cc(CCC(=O)N2CCCC(O)C2)ccc1Br. The number of amides is 1. The summed E-state index contributed by atoms with van der Waals surface area (Å²) in [6.07, 6.45) is 2.67. The zero-order valence-corrected chi connectivity index (χ0v) is 12.8. The topological polar surface area (TPSA) is 40.5 Å². The van der Waals surface area contributed by atoms with Crippen molar-refractivity contribution in [2.45, 2.75) is 38.7 Å². The van der Waals surface area contributed by atoms with E-state index >= 15 is 0 Å². The Balaban J connectivity index is 1.87. The van der Waals surface area contributed by atoms with Crippen LogP contribution in [0.2, 0.25) is 0 Å². The number of rotatable bonds is 3. The summed E-state index contributed by atoms with van der Waals surface area (Å²) >= 11 is 3.48. The van der Waals surface area contributed by atoms with Gasteiger partial charge in [0.15, 0.2) is 0 Å². The number of likely N-dealkylation sites (tertiary alicyclic amines) is 1. The Hall–Kier alpha value is -0.870. The van der Waals surface area contributed by atoms with E-state index in [0.29, 0.717) is 13.0 Å². The van der Waals surface area contributed by atoms with Gasteiger partial charge in [0, 0.05) is 24.0 Å². The van der Waals surface area contributed by atoms with Crippen molar-refractivity contribution in [1.82, 2.24) is 4.90 Å². The number of aryl methyl sites for hydroxylation is 2. The first-order valence-corrected chi connectivity index (χ1v) is 7.56. The smallest absolute Gasteiger partial charge is 0.222 e. The van der Waals surface area contributed by atoms with Crippen molar-refractivity contribution in [3.05, 3.63) is 33.8 Å². The summed E-state index contributed by atoms with van der Waals surface area (Å²) < 4.78 is 1.10. The number of piperidine rings is 1. The second kappa shape index (κ2) is 6.53. The highest BCUT2D eigenvalue weighted by Gasteiger charge is 2.21. The Morgan fingerprint density at radius 2 is 2.32 bits per heavy atom. The van der Waals surface area contributed by atoms with Crippen LogP contribution in [0.4, 0.5) is 0 Å². The molecule has 1 heterocycles. The maximum Gasteiger partial charge on any atom is 0.222 e. The number of hydrogen-bond acceptors (Lipinski definition) is 2. The number of β-amino-alcohol motifs (C(OH)–C–C–N with tert-alkyl or cyclic N) is 1. The molecule has 0 aromatic heterocycles. The molecule has 0 saturated carbocycles. The van der Waals surface area contributed by atoms with Crippen LogP contribution in [-0.2, 0) is 11.2 Å². The second-order valence-electron chi connectivity index (χ2n) is 5.22. The minimum absolute atomic E-state index is 0.152. The zero-order chi connectivity index (χ0) is 13.8. The van der Waals surface area contributed by atoms with Gasteiger partial charge in [-0.15, -0.1) is 0 Å². The molecule has 19 heavy (non-hydrogen) atoms. The average molecular weight is 326 g/mol. The van der Waals surface area contributed by atoms with Gasteiger partial charge < -0.3 is 10.0 Å². The molecular weight excluding hydrogens is 306 g/mol. The molecule has 1 amide bonds. The van der Waals surface area contributed by atoms with E-state index in [1.165, 1.54) is 11.1 Å². The Kier molecular flexibility index (Phi) is 4.99. The second-order valence-corrected chi connectivity index (χ2v) is 6.07. The van der Waals surface area contributed by atoms with Crippen molar-refractivity contribution in [2.24, 2.45) is 0 Å². The number of benzene rings is 1. The van der Waals surface area contributed by atoms with Gasteiger partial charge in [-0.25, -0.2) is 0 Å². The first-order chi connectivity index (χ1) is 9.06. The average Bonchev–Trinajstić information content (AvgIpc) is 2.40. The standard InChI is InChI=1S/C15H20BrNO2/c1-11-9-12(4-6-14(11)16)5-7-15(19)17-8-2-3-13(18)10-17/h4,6,9,13,18H,2-3,5,7-8,10H2,1H3. The van der Waals surface area contributed by atoms with E-state index in [2.05, 4.69) is 35.0 Å². The summed E-state index contributed by atoms with van der Waals surface area (Å²) in [5.41, 5.74) is 2.38. The van der Waals surface area contributed by atoms with Gasteiger partial charge in [0.2, 0.25) is 5.91 Å². The molecule has 1 fully saturated rings. The third-order valence-corrected chi connectivity index (χ3v) is 4.49. The molecule has 2 rings (SSSR count). The highest BCUT2D eigenvalue weighted by Crippen LogP contribution is 2.18. The van der Waals surface area contributed by atoms with Crippen LogP contribution in [0.3, 0.4) is 0 Å². The zero-order valence-electron chi connectivity index (χ0n) is 11.2. The fraction of sp³-hybridized carbons (Fsp3) is 0.533. The molecule has 0 aliphatic carbocycles. The Bertz CT molecular complexity index is 461. The van der Waals surface area contributed by atoms with Crippen LogP contribution in [0, 0.1) is 6.92 Å². The van der Waals surface area contributed by atoms with E-state index in [9.17, 15) is 9.90 Å². The summed E-state index contributed by atoms with van der Waals surface area (Å²) in [4.78, 5) is 13.9. The normalized spacial score (nSPS) is 19.5. The minimum atomic E-state index is -0.340. The van der Waals surface area contributed by atoms with Gasteiger partial charge in [-0.05, 0) is 43.4 Å². The summed E-state index contributed by atoms with van der Waals surface area (Å²) in [5.74, 6) is 0.152. The van der Waals surface area contributed by atoms with Gasteiger partial charge in [-0.3, -0.25) is 4.79 Å². The summed E-state index contributed by atoms with van der Waals surface area (Å²) in [6, 6.07) is 6.19. The monoisotopic (exact) mass is 325 g/mol. The molecule has 0 spiro atoms. The van der Waals surface area contributed by atoms with Crippen molar-refractivity contribution >= 4 is 21.8 Å². The van der Waals surface area contributed by atoms with E-state index in [0.717, 1.165) is 30.3 Å². The Morgan fingerprint density at radius 3 is 3.00 bits per heavy atom. The number of aliphatic hydroxyl groups is 1. The van der Waals surface area contributed by atoms with Gasteiger partial charge in [0.25, 0.3) is 0 Å². The molecule has 3 nitrogen and oxygen atoms in total. The van der Waals surface area contributed by atoms with Gasteiger partial charge in [0.05, 0.1) is 6.10 Å². The van der Waals surface area contributed by atoms with Crippen LogP contribution in [0.15, 0.2) is 22.7 Å². The molecule has 1 aromatic rings. The molecule has 1 N–H and O–H groups in total. The van der Waals surface area contributed by atoms with Crippen molar-refractivity contribution in [2.75, 3.05) is 13.1 Å². The molecule has 0 bridgehead atoms. The highest BCUT2D eigenvalue weighted by atomic mass is 79.9. The Morgan fingerprint density at radius 1 is 1.53 bits per heavy atom. The summed E-state index contributed by atoms with van der Waals surface area (Å²) in [5, 5.41) is 9.58. The summed E-state index contributed by atoms with van der Waals surface area (Å²) in [6.45, 7) is 3.34. The molecule has 4 heteroatoms. The molecule has 1 aliphatic rings. The van der Waals surface area contributed by atoms with Gasteiger partial charge in [-0.1, -0.05) is 28.1 Å². The maximum absolute atomic E-state index is 12.1. The molecular formula is C15H20BrNO2. The Labute approximate surface area is 122 Å². The third-order valence-electron chi connectivity index (χ3n) is 3.60.